The van der Waals surface area contributed by atoms with Crippen LogP contribution >= 0.6 is 12.4 Å². The molecule has 1 aromatic rings. The van der Waals surface area contributed by atoms with Gasteiger partial charge in [0.05, 0.1) is 19.2 Å². The maximum atomic E-state index is 11.1. The van der Waals surface area contributed by atoms with E-state index in [0.29, 0.717) is 11.4 Å². The van der Waals surface area contributed by atoms with Gasteiger partial charge in [-0.1, -0.05) is 0 Å². The normalized spacial score (nSPS) is 8.77. The number of halogens is 1. The van der Waals surface area contributed by atoms with Crippen LogP contribution < -0.4 is 10.5 Å². The summed E-state index contributed by atoms with van der Waals surface area (Å²) in [6.45, 7) is -0.0257. The molecule has 0 aliphatic carbocycles. The van der Waals surface area contributed by atoms with Crippen molar-refractivity contribution in [3.05, 3.63) is 23.9 Å². The summed E-state index contributed by atoms with van der Waals surface area (Å²) in [5.41, 5.74) is 5.63. The van der Waals surface area contributed by atoms with Crippen molar-refractivity contribution in [2.75, 3.05) is 13.7 Å². The van der Waals surface area contributed by atoms with Gasteiger partial charge >= 0.3 is 0 Å². The predicted molar refractivity (Wildman–Crippen MR) is 51.4 cm³/mol. The number of aromatic nitrogens is 1. The van der Waals surface area contributed by atoms with Gasteiger partial charge in [-0.25, -0.2) is 4.98 Å². The number of pyridine rings is 1. The Bertz CT molecular complexity index is 291. The Hall–Kier alpha value is -1.13. The van der Waals surface area contributed by atoms with Crippen LogP contribution in [0.1, 0.15) is 10.4 Å². The van der Waals surface area contributed by atoms with Crippen molar-refractivity contribution in [1.29, 1.82) is 0 Å². The highest BCUT2D eigenvalue weighted by molar-refractivity contribution is 5.99. The van der Waals surface area contributed by atoms with Crippen LogP contribution in [-0.2, 0) is 0 Å². The van der Waals surface area contributed by atoms with Gasteiger partial charge in [0.25, 0.3) is 0 Å². The van der Waals surface area contributed by atoms with Gasteiger partial charge in [0.15, 0.2) is 5.78 Å². The highest BCUT2D eigenvalue weighted by Crippen LogP contribution is 2.13. The quantitative estimate of drug-likeness (QED) is 0.732. The largest absolute Gasteiger partial charge is 0.480 e. The zero-order valence-corrected chi connectivity index (χ0v) is 8.00. The zero-order valence-electron chi connectivity index (χ0n) is 7.19. The molecule has 5 heteroatoms. The first-order chi connectivity index (χ1) is 5.79. The van der Waals surface area contributed by atoms with Gasteiger partial charge in [-0.15, -0.1) is 12.4 Å². The molecule has 0 aliphatic rings. The molecule has 1 rings (SSSR count). The van der Waals surface area contributed by atoms with Gasteiger partial charge in [-0.05, 0) is 12.1 Å². The average Bonchev–Trinajstić information content (AvgIpc) is 2.16. The number of carbonyl (C=O) groups excluding carboxylic acids is 1. The number of ether oxygens (including phenoxy) is 1. The predicted octanol–water partition coefficient (Wildman–Crippen LogP) is 0.653. The molecule has 0 saturated heterocycles. The number of ketones is 1. The third kappa shape index (κ3) is 2.68. The second-order valence-corrected chi connectivity index (χ2v) is 2.19. The molecule has 0 fully saturated rings. The van der Waals surface area contributed by atoms with Gasteiger partial charge in [0.2, 0.25) is 5.88 Å². The first-order valence-electron chi connectivity index (χ1n) is 3.52. The maximum absolute atomic E-state index is 11.1. The summed E-state index contributed by atoms with van der Waals surface area (Å²) in [5.74, 6) is 0.160. The molecule has 1 aromatic heterocycles. The minimum Gasteiger partial charge on any atom is -0.480 e. The molecule has 0 unspecified atom stereocenters. The number of rotatable bonds is 3. The van der Waals surface area contributed by atoms with Crippen molar-refractivity contribution >= 4 is 18.2 Å². The van der Waals surface area contributed by atoms with Gasteiger partial charge in [0, 0.05) is 6.20 Å². The molecule has 0 radical (unpaired) electrons. The van der Waals surface area contributed by atoms with Crippen LogP contribution in [0.3, 0.4) is 0 Å². The summed E-state index contributed by atoms with van der Waals surface area (Å²) >= 11 is 0. The first kappa shape index (κ1) is 11.9. The molecule has 0 amide bonds. The van der Waals surface area contributed by atoms with Gasteiger partial charge in [-0.2, -0.15) is 0 Å². The van der Waals surface area contributed by atoms with E-state index in [-0.39, 0.29) is 24.7 Å². The maximum Gasteiger partial charge on any atom is 0.224 e. The highest BCUT2D eigenvalue weighted by Gasteiger charge is 2.09. The SMILES string of the molecule is COc1ncccc1C(=O)CN.Cl. The Balaban J connectivity index is 0.00000144. The molecule has 0 aliphatic heterocycles. The summed E-state index contributed by atoms with van der Waals surface area (Å²) in [6, 6.07) is 3.31. The van der Waals surface area contributed by atoms with E-state index in [2.05, 4.69) is 4.98 Å². The summed E-state index contributed by atoms with van der Waals surface area (Å²) < 4.78 is 4.88. The number of hydrogen-bond donors (Lipinski definition) is 1. The lowest BCUT2D eigenvalue weighted by Crippen LogP contribution is -2.14. The fourth-order valence-corrected chi connectivity index (χ4v) is 0.876. The van der Waals surface area contributed by atoms with Gasteiger partial charge in [0.1, 0.15) is 0 Å². The van der Waals surface area contributed by atoms with Crippen LogP contribution in [-0.4, -0.2) is 24.4 Å². The molecular formula is C8H11ClN2O2. The lowest BCUT2D eigenvalue weighted by atomic mass is 10.2. The molecule has 0 aromatic carbocycles. The number of nitrogens with zero attached hydrogens (tertiary/aromatic N) is 1. The van der Waals surface area contributed by atoms with E-state index >= 15 is 0 Å². The molecular weight excluding hydrogens is 192 g/mol. The summed E-state index contributed by atoms with van der Waals surface area (Å²) in [4.78, 5) is 15.0. The van der Waals surface area contributed by atoms with Crippen LogP contribution in [0.2, 0.25) is 0 Å². The molecule has 0 bridgehead atoms. The van der Waals surface area contributed by atoms with E-state index in [9.17, 15) is 4.79 Å². The zero-order chi connectivity index (χ0) is 8.97. The molecule has 2 N–H and O–H groups in total. The number of methoxy groups -OCH3 is 1. The second kappa shape index (κ2) is 5.50. The number of hydrogen-bond acceptors (Lipinski definition) is 4. The number of nitrogens with two attached hydrogens (primary N) is 1. The highest BCUT2D eigenvalue weighted by atomic mass is 35.5. The van der Waals surface area contributed by atoms with E-state index in [0.717, 1.165) is 0 Å². The average molecular weight is 203 g/mol. The first-order valence-corrected chi connectivity index (χ1v) is 3.52. The molecule has 0 spiro atoms. The minimum atomic E-state index is -0.167. The topological polar surface area (TPSA) is 65.2 Å². The third-order valence-electron chi connectivity index (χ3n) is 1.45. The smallest absolute Gasteiger partial charge is 0.224 e. The van der Waals surface area contributed by atoms with E-state index in [4.69, 9.17) is 10.5 Å². The van der Waals surface area contributed by atoms with Crippen molar-refractivity contribution in [3.8, 4) is 5.88 Å². The summed E-state index contributed by atoms with van der Waals surface area (Å²) in [7, 11) is 1.47. The Morgan fingerprint density at radius 1 is 1.69 bits per heavy atom. The van der Waals surface area contributed by atoms with Crippen molar-refractivity contribution < 1.29 is 9.53 Å². The number of Topliss-reactive ketones (excluding diaryl/α,β-unsaturated/α-hetero) is 1. The van der Waals surface area contributed by atoms with Crippen LogP contribution in [0.25, 0.3) is 0 Å². The molecule has 0 atom stereocenters. The summed E-state index contributed by atoms with van der Waals surface area (Å²) in [5, 5.41) is 0. The Labute approximate surface area is 82.5 Å². The lowest BCUT2D eigenvalue weighted by Gasteiger charge is -2.03. The van der Waals surface area contributed by atoms with Gasteiger partial charge < -0.3 is 10.5 Å². The Kier molecular flexibility index (Phi) is 5.03. The standard InChI is InChI=1S/C8H10N2O2.ClH/c1-12-8-6(7(11)5-9)3-2-4-10-8;/h2-4H,5,9H2,1H3;1H. The van der Waals surface area contributed by atoms with Crippen LogP contribution in [0, 0.1) is 0 Å². The summed E-state index contributed by atoms with van der Waals surface area (Å²) in [6.07, 6.45) is 1.56. The monoisotopic (exact) mass is 202 g/mol. The van der Waals surface area contributed by atoms with E-state index in [1.54, 1.807) is 18.3 Å². The minimum absolute atomic E-state index is 0. The Morgan fingerprint density at radius 2 is 2.38 bits per heavy atom. The van der Waals surface area contributed by atoms with Crippen LogP contribution in [0.5, 0.6) is 5.88 Å². The molecule has 1 heterocycles. The van der Waals surface area contributed by atoms with Crippen molar-refractivity contribution in [2.24, 2.45) is 5.73 Å². The molecule has 4 nitrogen and oxygen atoms in total. The molecule has 13 heavy (non-hydrogen) atoms. The fraction of sp³-hybridized carbons (Fsp3) is 0.250. The lowest BCUT2D eigenvalue weighted by molar-refractivity contribution is 0.0998. The van der Waals surface area contributed by atoms with E-state index in [1.165, 1.54) is 7.11 Å². The van der Waals surface area contributed by atoms with Crippen LogP contribution in [0.15, 0.2) is 18.3 Å². The van der Waals surface area contributed by atoms with Crippen molar-refractivity contribution in [1.82, 2.24) is 4.98 Å². The van der Waals surface area contributed by atoms with Crippen molar-refractivity contribution in [2.45, 2.75) is 0 Å². The number of carbonyl (C=O) groups is 1. The van der Waals surface area contributed by atoms with Gasteiger partial charge in [-0.3, -0.25) is 4.79 Å². The third-order valence-corrected chi connectivity index (χ3v) is 1.45. The molecule has 0 saturated carbocycles. The Morgan fingerprint density at radius 3 is 2.92 bits per heavy atom. The fourth-order valence-electron chi connectivity index (χ4n) is 0.876. The second-order valence-electron chi connectivity index (χ2n) is 2.19. The molecule has 72 valence electrons. The van der Waals surface area contributed by atoms with E-state index < -0.39 is 0 Å². The van der Waals surface area contributed by atoms with Crippen LogP contribution in [0.4, 0.5) is 0 Å². The van der Waals surface area contributed by atoms with E-state index in [1.807, 2.05) is 0 Å². The van der Waals surface area contributed by atoms with Crippen molar-refractivity contribution in [3.63, 3.8) is 0 Å².